The molecule has 0 unspecified atom stereocenters. The van der Waals surface area contributed by atoms with E-state index in [1.807, 2.05) is 17.9 Å². The Morgan fingerprint density at radius 1 is 1.03 bits per heavy atom. The van der Waals surface area contributed by atoms with Gasteiger partial charge in [-0.25, -0.2) is 9.37 Å². The smallest absolute Gasteiger partial charge is 0.291 e. The third kappa shape index (κ3) is 4.02. The highest BCUT2D eigenvalue weighted by atomic mass is 19.3. The maximum absolute atomic E-state index is 14.7. The van der Waals surface area contributed by atoms with E-state index in [9.17, 15) is 18.0 Å². The fraction of sp³-hybridized carbons (Fsp3) is 0.393. The molecule has 3 aromatic heterocycles. The van der Waals surface area contributed by atoms with Crippen LogP contribution in [0.1, 0.15) is 65.9 Å². The van der Waals surface area contributed by atoms with Gasteiger partial charge in [-0.3, -0.25) is 24.3 Å². The van der Waals surface area contributed by atoms with Crippen LogP contribution in [0.5, 0.6) is 0 Å². The molecule has 4 aromatic rings. The van der Waals surface area contributed by atoms with Crippen LogP contribution in [-0.4, -0.2) is 37.6 Å². The molecule has 0 N–H and O–H groups in total. The molecule has 1 aromatic carbocycles. The van der Waals surface area contributed by atoms with Crippen LogP contribution in [0.25, 0.3) is 11.2 Å². The minimum absolute atomic E-state index is 0.0256. The summed E-state index contributed by atoms with van der Waals surface area (Å²) in [6.45, 7) is 4.85. The van der Waals surface area contributed by atoms with E-state index >= 15 is 0 Å². The Hall–Kier alpha value is -3.82. The second-order valence-corrected chi connectivity index (χ2v) is 10.2. The Labute approximate surface area is 217 Å². The van der Waals surface area contributed by atoms with Gasteiger partial charge in [-0.15, -0.1) is 0 Å². The predicted octanol–water partition coefficient (Wildman–Crippen LogP) is 5.20. The Morgan fingerprint density at radius 3 is 2.55 bits per heavy atom. The van der Waals surface area contributed by atoms with Gasteiger partial charge in [-0.05, 0) is 56.7 Å². The van der Waals surface area contributed by atoms with Gasteiger partial charge in [-0.2, -0.15) is 8.78 Å². The number of aromatic nitrogens is 5. The Bertz CT molecular complexity index is 1580. The molecule has 1 atom stereocenters. The molecular weight excluding hydrogens is 493 g/mol. The number of para-hydroxylation sites is 1. The van der Waals surface area contributed by atoms with Gasteiger partial charge in [0.25, 0.3) is 11.5 Å². The highest BCUT2D eigenvalue weighted by molar-refractivity contribution is 5.71. The number of anilines is 1. The molecule has 2 aliphatic rings. The maximum Gasteiger partial charge on any atom is 0.291 e. The molecule has 1 saturated heterocycles. The second kappa shape index (κ2) is 9.18. The summed E-state index contributed by atoms with van der Waals surface area (Å²) in [4.78, 5) is 33.5. The molecule has 6 rings (SSSR count). The number of benzene rings is 1. The maximum atomic E-state index is 14.7. The van der Waals surface area contributed by atoms with Gasteiger partial charge >= 0.3 is 0 Å². The van der Waals surface area contributed by atoms with Crippen molar-refractivity contribution in [3.05, 3.63) is 87.2 Å². The molecule has 0 amide bonds. The highest BCUT2D eigenvalue weighted by Crippen LogP contribution is 2.44. The van der Waals surface area contributed by atoms with Crippen LogP contribution in [-0.2, 0) is 5.92 Å². The predicted molar refractivity (Wildman–Crippen MR) is 137 cm³/mol. The van der Waals surface area contributed by atoms with Gasteiger partial charge in [0.15, 0.2) is 5.65 Å². The number of halogens is 3. The van der Waals surface area contributed by atoms with E-state index in [4.69, 9.17) is 0 Å². The van der Waals surface area contributed by atoms with Crippen molar-refractivity contribution in [3.8, 4) is 0 Å². The lowest BCUT2D eigenvalue weighted by molar-refractivity contribution is -0.0320. The summed E-state index contributed by atoms with van der Waals surface area (Å²) in [5, 5.41) is 0. The SMILES string of the molecule is Cc1cnc2cc(C3CCN(c4c(C)cccc4F)CC3)c(=O)n([C@@H]3CCC(F)(F)c4nccnc43)c2n1. The van der Waals surface area contributed by atoms with Gasteiger partial charge in [0, 0.05) is 43.7 Å². The summed E-state index contributed by atoms with van der Waals surface area (Å²) < 4.78 is 45.5. The number of rotatable bonds is 3. The van der Waals surface area contributed by atoms with Gasteiger partial charge in [0.05, 0.1) is 23.1 Å². The van der Waals surface area contributed by atoms with Crippen molar-refractivity contribution >= 4 is 16.9 Å². The van der Waals surface area contributed by atoms with Gasteiger partial charge in [0.1, 0.15) is 17.0 Å². The van der Waals surface area contributed by atoms with E-state index in [-0.39, 0.29) is 29.4 Å². The Kier molecular flexibility index (Phi) is 5.92. The number of nitrogens with zero attached hydrogens (tertiary/aromatic N) is 6. The van der Waals surface area contributed by atoms with Crippen LogP contribution >= 0.6 is 0 Å². The van der Waals surface area contributed by atoms with Crippen molar-refractivity contribution in [2.24, 2.45) is 0 Å². The van der Waals surface area contributed by atoms with Crippen LogP contribution in [0.3, 0.4) is 0 Å². The number of fused-ring (bicyclic) bond motifs is 2. The molecule has 1 aliphatic heterocycles. The minimum atomic E-state index is -3.11. The van der Waals surface area contributed by atoms with Gasteiger partial charge in [0.2, 0.25) is 0 Å². The van der Waals surface area contributed by atoms with E-state index in [1.54, 1.807) is 25.3 Å². The van der Waals surface area contributed by atoms with Crippen LogP contribution in [0, 0.1) is 19.7 Å². The number of aryl methyl sites for hydroxylation is 2. The Balaban J connectivity index is 1.43. The molecule has 10 heteroatoms. The average Bonchev–Trinajstić information content (AvgIpc) is 2.90. The molecule has 196 valence electrons. The monoisotopic (exact) mass is 520 g/mol. The summed E-state index contributed by atoms with van der Waals surface area (Å²) in [5.74, 6) is -3.46. The summed E-state index contributed by atoms with van der Waals surface area (Å²) in [5.41, 5.74) is 2.97. The van der Waals surface area contributed by atoms with E-state index < -0.39 is 24.1 Å². The zero-order valence-electron chi connectivity index (χ0n) is 21.2. The van der Waals surface area contributed by atoms with E-state index in [2.05, 4.69) is 19.9 Å². The first kappa shape index (κ1) is 24.5. The van der Waals surface area contributed by atoms with E-state index in [0.29, 0.717) is 54.0 Å². The number of hydrogen-bond donors (Lipinski definition) is 0. The molecule has 1 aliphatic carbocycles. The third-order valence-corrected chi connectivity index (χ3v) is 7.76. The Morgan fingerprint density at radius 2 is 1.79 bits per heavy atom. The van der Waals surface area contributed by atoms with Crippen LogP contribution in [0.4, 0.5) is 18.9 Å². The van der Waals surface area contributed by atoms with Crippen molar-refractivity contribution < 1.29 is 13.2 Å². The summed E-state index contributed by atoms with van der Waals surface area (Å²) in [6.07, 6.45) is 5.13. The standard InChI is InChI=1S/C28H27F3N6O/c1-16-4-3-5-20(29)24(16)36-12-7-18(8-13-36)19-14-21-26(35-17(2)15-34-21)37(27(19)38)22-6-9-28(30,31)25-23(22)32-10-11-33-25/h3-5,10-11,14-15,18,22H,6-9,12-13H2,1-2H3/t22-/m1/s1. The lowest BCUT2D eigenvalue weighted by atomic mass is 9.88. The minimum Gasteiger partial charge on any atom is -0.369 e. The first-order valence-electron chi connectivity index (χ1n) is 12.8. The van der Waals surface area contributed by atoms with E-state index in [0.717, 1.165) is 5.56 Å². The summed E-state index contributed by atoms with van der Waals surface area (Å²) in [6, 6.07) is 6.10. The zero-order chi connectivity index (χ0) is 26.6. The van der Waals surface area contributed by atoms with E-state index in [1.165, 1.54) is 23.0 Å². The number of alkyl halides is 2. The average molecular weight is 521 g/mol. The molecule has 1 fully saturated rings. The van der Waals surface area contributed by atoms with Crippen molar-refractivity contribution in [2.75, 3.05) is 18.0 Å². The van der Waals surface area contributed by atoms with Crippen molar-refractivity contribution in [2.45, 2.75) is 57.4 Å². The van der Waals surface area contributed by atoms with Crippen molar-refractivity contribution in [3.63, 3.8) is 0 Å². The topological polar surface area (TPSA) is 76.8 Å². The highest BCUT2D eigenvalue weighted by Gasteiger charge is 2.44. The lowest BCUT2D eigenvalue weighted by Crippen LogP contribution is -2.38. The number of hydrogen-bond acceptors (Lipinski definition) is 6. The third-order valence-electron chi connectivity index (χ3n) is 7.76. The molecular formula is C28H27F3N6O. The largest absolute Gasteiger partial charge is 0.369 e. The van der Waals surface area contributed by atoms with Crippen LogP contribution in [0.2, 0.25) is 0 Å². The molecule has 7 nitrogen and oxygen atoms in total. The van der Waals surface area contributed by atoms with Crippen LogP contribution in [0.15, 0.2) is 47.7 Å². The van der Waals surface area contributed by atoms with Crippen molar-refractivity contribution in [1.29, 1.82) is 0 Å². The molecule has 0 bridgehead atoms. The fourth-order valence-electron chi connectivity index (χ4n) is 5.92. The molecule has 4 heterocycles. The molecule has 0 spiro atoms. The zero-order valence-corrected chi connectivity index (χ0v) is 21.2. The second-order valence-electron chi connectivity index (χ2n) is 10.2. The first-order chi connectivity index (χ1) is 18.2. The van der Waals surface area contributed by atoms with Crippen LogP contribution < -0.4 is 10.5 Å². The van der Waals surface area contributed by atoms with Gasteiger partial charge < -0.3 is 4.90 Å². The van der Waals surface area contributed by atoms with Gasteiger partial charge in [-0.1, -0.05) is 12.1 Å². The molecule has 0 saturated carbocycles. The number of piperidine rings is 1. The quantitative estimate of drug-likeness (QED) is 0.370. The summed E-state index contributed by atoms with van der Waals surface area (Å²) in [7, 11) is 0. The van der Waals surface area contributed by atoms with Crippen molar-refractivity contribution in [1.82, 2.24) is 24.5 Å². The normalized spacial score (nSPS) is 19.5. The molecule has 38 heavy (non-hydrogen) atoms. The molecule has 0 radical (unpaired) electrons. The number of pyridine rings is 1. The lowest BCUT2D eigenvalue weighted by Gasteiger charge is -2.35. The summed E-state index contributed by atoms with van der Waals surface area (Å²) >= 11 is 0. The first-order valence-corrected chi connectivity index (χ1v) is 12.8. The fourth-order valence-corrected chi connectivity index (χ4v) is 5.92.